The summed E-state index contributed by atoms with van der Waals surface area (Å²) in [6, 6.07) is 16.8. The summed E-state index contributed by atoms with van der Waals surface area (Å²) in [4.78, 5) is 45.4. The number of hydrogen-bond acceptors (Lipinski definition) is 8. The number of nitrogens with one attached hydrogen (secondary N) is 2. The first-order chi connectivity index (χ1) is 19.4. The maximum absolute atomic E-state index is 14.0. The number of amides is 3. The van der Waals surface area contributed by atoms with Crippen LogP contribution >= 0.6 is 11.3 Å². The van der Waals surface area contributed by atoms with Crippen molar-refractivity contribution in [1.82, 2.24) is 24.8 Å². The molecule has 4 aromatic rings. The second-order valence-corrected chi connectivity index (χ2v) is 10.5. The molecule has 11 heteroatoms. The van der Waals surface area contributed by atoms with Crippen molar-refractivity contribution in [2.45, 2.75) is 20.0 Å². The Balaban J connectivity index is 1.47. The first kappa shape index (κ1) is 27.0. The molecule has 2 N–H and O–H groups in total. The largest absolute Gasteiger partial charge is 0.330 e. The molecule has 0 bridgehead atoms. The number of nitrogens with zero attached hydrogens (tertiary/aromatic N) is 6. The summed E-state index contributed by atoms with van der Waals surface area (Å²) < 4.78 is 0. The molecule has 0 aliphatic carbocycles. The highest BCUT2D eigenvalue weighted by Gasteiger charge is 2.33. The van der Waals surface area contributed by atoms with E-state index in [1.807, 2.05) is 67.7 Å². The summed E-state index contributed by atoms with van der Waals surface area (Å²) in [6.07, 6.45) is 5.03. The Hall–Kier alpha value is -4.61. The topological polar surface area (TPSA) is 107 Å². The number of carbonyl (C=O) groups excluding carboxylic acids is 2. The normalized spacial score (nSPS) is 13.2. The van der Waals surface area contributed by atoms with Crippen LogP contribution < -0.4 is 15.5 Å². The molecule has 5 rings (SSSR count). The van der Waals surface area contributed by atoms with Crippen LogP contribution in [0.3, 0.4) is 0 Å². The molecule has 0 saturated heterocycles. The van der Waals surface area contributed by atoms with Crippen molar-refractivity contribution in [2.24, 2.45) is 0 Å². The highest BCUT2D eigenvalue weighted by atomic mass is 32.1. The highest BCUT2D eigenvalue weighted by Crippen LogP contribution is 2.36. The van der Waals surface area contributed by atoms with Crippen LogP contribution in [0.1, 0.15) is 16.8 Å². The quantitative estimate of drug-likeness (QED) is 0.270. The third kappa shape index (κ3) is 6.50. The molecule has 0 fully saturated rings. The molecular weight excluding hydrogens is 524 g/mol. The molecule has 3 heterocycles. The number of aromatic nitrogens is 3. The van der Waals surface area contributed by atoms with Crippen molar-refractivity contribution < 1.29 is 9.59 Å². The van der Waals surface area contributed by atoms with E-state index in [1.165, 1.54) is 17.4 Å². The molecule has 0 atom stereocenters. The molecule has 0 spiro atoms. The minimum absolute atomic E-state index is 0.222. The van der Waals surface area contributed by atoms with Gasteiger partial charge in [0.15, 0.2) is 10.9 Å². The third-order valence-electron chi connectivity index (χ3n) is 6.04. The van der Waals surface area contributed by atoms with E-state index in [1.54, 1.807) is 40.3 Å². The van der Waals surface area contributed by atoms with Gasteiger partial charge in [0.05, 0.1) is 17.9 Å². The van der Waals surface area contributed by atoms with Gasteiger partial charge in [0.2, 0.25) is 11.9 Å². The lowest BCUT2D eigenvalue weighted by molar-refractivity contribution is -0.111. The van der Waals surface area contributed by atoms with Crippen molar-refractivity contribution in [1.29, 1.82) is 0 Å². The SMILES string of the molecule is Cc1csc(Nc2ncc3c(n2)N(c2cccc(NC(=O)/C=C/CN(C)C)c2)C(=O)N(Cc2ccccc2)C3)n1. The maximum atomic E-state index is 14.0. The predicted molar refractivity (Wildman–Crippen MR) is 158 cm³/mol. The van der Waals surface area contributed by atoms with Crippen LogP contribution in [-0.2, 0) is 17.9 Å². The van der Waals surface area contributed by atoms with E-state index in [-0.39, 0.29) is 11.9 Å². The molecular formula is C29H30N8O2S. The van der Waals surface area contributed by atoms with E-state index in [9.17, 15) is 9.59 Å². The Kier molecular flexibility index (Phi) is 8.13. The van der Waals surface area contributed by atoms with Gasteiger partial charge >= 0.3 is 6.03 Å². The number of aryl methyl sites for hydroxylation is 1. The van der Waals surface area contributed by atoms with E-state index in [0.717, 1.165) is 16.8 Å². The molecule has 3 amide bonds. The summed E-state index contributed by atoms with van der Waals surface area (Å²) in [5, 5.41) is 8.64. The van der Waals surface area contributed by atoms with Crippen LogP contribution in [0.5, 0.6) is 0 Å². The Morgan fingerprint density at radius 2 is 1.95 bits per heavy atom. The van der Waals surface area contributed by atoms with Gasteiger partial charge in [-0.15, -0.1) is 11.3 Å². The summed E-state index contributed by atoms with van der Waals surface area (Å²) in [7, 11) is 3.87. The second kappa shape index (κ2) is 12.1. The lowest BCUT2D eigenvalue weighted by Gasteiger charge is -2.36. The van der Waals surface area contributed by atoms with E-state index >= 15 is 0 Å². The number of likely N-dealkylation sites (N-methyl/N-ethyl adjacent to an activating group) is 1. The van der Waals surface area contributed by atoms with Crippen molar-refractivity contribution in [3.8, 4) is 0 Å². The molecule has 40 heavy (non-hydrogen) atoms. The average molecular weight is 555 g/mol. The van der Waals surface area contributed by atoms with Gasteiger partial charge in [0.25, 0.3) is 0 Å². The van der Waals surface area contributed by atoms with E-state index in [4.69, 9.17) is 4.98 Å². The summed E-state index contributed by atoms with van der Waals surface area (Å²) >= 11 is 1.46. The molecule has 0 saturated carbocycles. The monoisotopic (exact) mass is 554 g/mol. The molecule has 2 aromatic carbocycles. The molecule has 1 aliphatic heterocycles. The first-order valence-electron chi connectivity index (χ1n) is 12.8. The van der Waals surface area contributed by atoms with E-state index in [0.29, 0.717) is 47.9 Å². The molecule has 1 aliphatic rings. The van der Waals surface area contributed by atoms with Gasteiger partial charge in [-0.25, -0.2) is 19.7 Å². The summed E-state index contributed by atoms with van der Waals surface area (Å²) in [6.45, 7) is 3.37. The van der Waals surface area contributed by atoms with Gasteiger partial charge in [-0.1, -0.05) is 42.5 Å². The Labute approximate surface area is 237 Å². The number of urea groups is 1. The predicted octanol–water partition coefficient (Wildman–Crippen LogP) is 5.32. The lowest BCUT2D eigenvalue weighted by Crippen LogP contribution is -2.45. The highest BCUT2D eigenvalue weighted by molar-refractivity contribution is 7.13. The standard InChI is InChI=1S/C29H30N8O2S/c1-20-19-40-28(31-20)34-27-30-16-22-18-36(17-21-9-5-4-6-10-21)29(39)37(26(22)33-27)24-12-7-11-23(15-24)32-25(38)13-8-14-35(2)3/h4-13,15-16,19H,14,17-18H2,1-3H3,(H,32,38)(H,30,31,33,34)/b13-8+. The zero-order valence-corrected chi connectivity index (χ0v) is 23.4. The van der Waals surface area contributed by atoms with Gasteiger partial charge in [-0.3, -0.25) is 10.1 Å². The fourth-order valence-corrected chi connectivity index (χ4v) is 4.89. The van der Waals surface area contributed by atoms with Crippen LogP contribution in [0.2, 0.25) is 0 Å². The first-order valence-corrected chi connectivity index (χ1v) is 13.6. The molecule has 0 unspecified atom stereocenters. The smallest absolute Gasteiger partial charge is 0.322 e. The fourth-order valence-electron chi connectivity index (χ4n) is 4.21. The number of hydrogen-bond donors (Lipinski definition) is 2. The van der Waals surface area contributed by atoms with E-state index in [2.05, 4.69) is 20.6 Å². The van der Waals surface area contributed by atoms with Crippen molar-refractivity contribution in [2.75, 3.05) is 36.2 Å². The average Bonchev–Trinajstić information content (AvgIpc) is 3.34. The Bertz CT molecular complexity index is 1540. The minimum Gasteiger partial charge on any atom is -0.322 e. The van der Waals surface area contributed by atoms with Gasteiger partial charge in [-0.2, -0.15) is 4.98 Å². The summed E-state index contributed by atoms with van der Waals surface area (Å²) in [5.74, 6) is 0.579. The van der Waals surface area contributed by atoms with Crippen molar-refractivity contribution >= 4 is 51.5 Å². The van der Waals surface area contributed by atoms with Crippen molar-refractivity contribution in [3.05, 3.63) is 95.1 Å². The van der Waals surface area contributed by atoms with Crippen LogP contribution in [0.25, 0.3) is 0 Å². The molecule has 2 aromatic heterocycles. The van der Waals surface area contributed by atoms with E-state index < -0.39 is 0 Å². The zero-order chi connectivity index (χ0) is 28.1. The van der Waals surface area contributed by atoms with Crippen molar-refractivity contribution in [3.63, 3.8) is 0 Å². The number of carbonyl (C=O) groups is 2. The maximum Gasteiger partial charge on any atom is 0.330 e. The number of anilines is 5. The van der Waals surface area contributed by atoms with Crippen LogP contribution in [0, 0.1) is 6.92 Å². The van der Waals surface area contributed by atoms with Crippen LogP contribution in [-0.4, -0.2) is 57.3 Å². The van der Waals surface area contributed by atoms with Gasteiger partial charge in [0.1, 0.15) is 0 Å². The number of fused-ring (bicyclic) bond motifs is 1. The van der Waals surface area contributed by atoms with Crippen LogP contribution in [0.15, 0.2) is 78.3 Å². The molecule has 204 valence electrons. The summed E-state index contributed by atoms with van der Waals surface area (Å²) in [5.41, 5.74) is 3.86. The van der Waals surface area contributed by atoms with Gasteiger partial charge in [0, 0.05) is 42.0 Å². The molecule has 10 nitrogen and oxygen atoms in total. The third-order valence-corrected chi connectivity index (χ3v) is 6.92. The lowest BCUT2D eigenvalue weighted by atomic mass is 10.1. The molecule has 0 radical (unpaired) electrons. The van der Waals surface area contributed by atoms with Crippen LogP contribution in [0.4, 0.5) is 33.1 Å². The number of thiazole rings is 1. The van der Waals surface area contributed by atoms with Gasteiger partial charge < -0.3 is 15.1 Å². The fraction of sp³-hybridized carbons (Fsp3) is 0.207. The zero-order valence-electron chi connectivity index (χ0n) is 22.5. The minimum atomic E-state index is -0.248. The second-order valence-electron chi connectivity index (χ2n) is 9.63. The van der Waals surface area contributed by atoms with Gasteiger partial charge in [-0.05, 0) is 44.8 Å². The Morgan fingerprint density at radius 3 is 2.70 bits per heavy atom. The number of benzene rings is 2. The number of rotatable bonds is 9. The Morgan fingerprint density at radius 1 is 1.12 bits per heavy atom.